The Bertz CT molecular complexity index is 581. The van der Waals surface area contributed by atoms with Gasteiger partial charge in [-0.25, -0.2) is 8.42 Å². The Kier molecular flexibility index (Phi) is 5.53. The fourth-order valence-electron chi connectivity index (χ4n) is 1.79. The van der Waals surface area contributed by atoms with Crippen LogP contribution in [0.5, 0.6) is 5.75 Å². The molecule has 6 heteroatoms. The van der Waals surface area contributed by atoms with Gasteiger partial charge in [0.1, 0.15) is 17.3 Å². The molecule has 0 spiro atoms. The second-order valence-corrected chi connectivity index (χ2v) is 7.84. The van der Waals surface area contributed by atoms with E-state index in [0.29, 0.717) is 5.75 Å². The summed E-state index contributed by atoms with van der Waals surface area (Å²) < 4.78 is 34.9. The number of hydrogen-bond acceptors (Lipinski definition) is 5. The van der Waals surface area contributed by atoms with Gasteiger partial charge in [0.25, 0.3) is 0 Å². The Balaban J connectivity index is 2.77. The van der Waals surface area contributed by atoms with Crippen molar-refractivity contribution in [2.45, 2.75) is 51.4 Å². The first kappa shape index (κ1) is 17.7. The minimum Gasteiger partial charge on any atom is -0.465 e. The standard InChI is InChI=1S/C15H22O5S/c1-11(16)10-21(17,18)14-8-6-13(7-9-14)19-12(2)20-15(3,4)5/h6-9,12H,10H2,1-5H3. The SMILES string of the molecule is CC(=O)CS(=O)(=O)c1ccc(OC(C)OC(C)(C)C)cc1. The van der Waals surface area contributed by atoms with Gasteiger partial charge in [-0.3, -0.25) is 4.79 Å². The minimum atomic E-state index is -3.57. The van der Waals surface area contributed by atoms with Crippen LogP contribution in [0.2, 0.25) is 0 Å². The van der Waals surface area contributed by atoms with E-state index in [4.69, 9.17) is 9.47 Å². The van der Waals surface area contributed by atoms with Crippen molar-refractivity contribution in [2.24, 2.45) is 0 Å². The lowest BCUT2D eigenvalue weighted by Gasteiger charge is -2.25. The highest BCUT2D eigenvalue weighted by Crippen LogP contribution is 2.20. The van der Waals surface area contributed by atoms with Crippen molar-refractivity contribution in [2.75, 3.05) is 5.75 Å². The predicted molar refractivity (Wildman–Crippen MR) is 80.1 cm³/mol. The van der Waals surface area contributed by atoms with Gasteiger partial charge in [-0.1, -0.05) is 0 Å². The van der Waals surface area contributed by atoms with E-state index in [1.807, 2.05) is 20.8 Å². The van der Waals surface area contributed by atoms with Gasteiger partial charge in [-0.05, 0) is 58.9 Å². The van der Waals surface area contributed by atoms with Gasteiger partial charge < -0.3 is 9.47 Å². The van der Waals surface area contributed by atoms with Crippen LogP contribution < -0.4 is 4.74 Å². The molecule has 0 heterocycles. The summed E-state index contributed by atoms with van der Waals surface area (Å²) in [4.78, 5) is 11.1. The van der Waals surface area contributed by atoms with Crippen molar-refractivity contribution >= 4 is 15.6 Å². The third-order valence-corrected chi connectivity index (χ3v) is 4.17. The van der Waals surface area contributed by atoms with E-state index in [-0.39, 0.29) is 16.3 Å². The van der Waals surface area contributed by atoms with E-state index in [2.05, 4.69) is 0 Å². The monoisotopic (exact) mass is 314 g/mol. The van der Waals surface area contributed by atoms with Crippen LogP contribution in [-0.4, -0.2) is 31.8 Å². The van der Waals surface area contributed by atoms with Crippen LogP contribution in [0.15, 0.2) is 29.2 Å². The lowest BCUT2D eigenvalue weighted by atomic mass is 10.2. The molecule has 0 aliphatic carbocycles. The van der Waals surface area contributed by atoms with Gasteiger partial charge in [-0.15, -0.1) is 0 Å². The highest BCUT2D eigenvalue weighted by molar-refractivity contribution is 7.92. The van der Waals surface area contributed by atoms with Crippen LogP contribution in [-0.2, 0) is 19.4 Å². The third-order valence-electron chi connectivity index (χ3n) is 2.40. The zero-order chi connectivity index (χ0) is 16.3. The average molecular weight is 314 g/mol. The Morgan fingerprint density at radius 3 is 2.14 bits per heavy atom. The Morgan fingerprint density at radius 2 is 1.71 bits per heavy atom. The van der Waals surface area contributed by atoms with Gasteiger partial charge in [0, 0.05) is 0 Å². The number of ketones is 1. The number of hydrogen-bond donors (Lipinski definition) is 0. The lowest BCUT2D eigenvalue weighted by Crippen LogP contribution is -2.29. The average Bonchev–Trinajstić information content (AvgIpc) is 2.24. The van der Waals surface area contributed by atoms with E-state index in [0.717, 1.165) is 0 Å². The fraction of sp³-hybridized carbons (Fsp3) is 0.533. The van der Waals surface area contributed by atoms with Gasteiger partial charge in [-0.2, -0.15) is 0 Å². The molecule has 1 aromatic carbocycles. The number of ether oxygens (including phenoxy) is 2. The van der Waals surface area contributed by atoms with Crippen LogP contribution in [0.3, 0.4) is 0 Å². The zero-order valence-electron chi connectivity index (χ0n) is 13.0. The summed E-state index contributed by atoms with van der Waals surface area (Å²) in [6.45, 7) is 8.78. The van der Waals surface area contributed by atoms with Crippen molar-refractivity contribution < 1.29 is 22.7 Å². The number of sulfone groups is 1. The minimum absolute atomic E-state index is 0.106. The number of Topliss-reactive ketones (excluding diaryl/α,β-unsaturated/α-hetero) is 1. The molecule has 0 N–H and O–H groups in total. The van der Waals surface area contributed by atoms with Crippen LogP contribution in [0, 0.1) is 0 Å². The Hall–Kier alpha value is -1.40. The van der Waals surface area contributed by atoms with Crippen LogP contribution in [0.25, 0.3) is 0 Å². The van der Waals surface area contributed by atoms with E-state index >= 15 is 0 Å². The summed E-state index contributed by atoms with van der Waals surface area (Å²) in [6, 6.07) is 5.96. The van der Waals surface area contributed by atoms with Gasteiger partial charge >= 0.3 is 0 Å². The molecule has 0 radical (unpaired) electrons. The maximum absolute atomic E-state index is 11.9. The molecular weight excluding hydrogens is 292 g/mol. The fourth-order valence-corrected chi connectivity index (χ4v) is 3.04. The summed E-state index contributed by atoms with van der Waals surface area (Å²) in [6.07, 6.45) is -0.454. The number of benzene rings is 1. The van der Waals surface area contributed by atoms with Crippen molar-refractivity contribution in [3.63, 3.8) is 0 Å². The third kappa shape index (κ3) is 6.27. The molecule has 0 saturated heterocycles. The van der Waals surface area contributed by atoms with E-state index in [9.17, 15) is 13.2 Å². The highest BCUT2D eigenvalue weighted by atomic mass is 32.2. The maximum atomic E-state index is 11.9. The summed E-state index contributed by atoms with van der Waals surface area (Å²) in [5, 5.41) is 0. The first-order valence-corrected chi connectivity index (χ1v) is 8.31. The van der Waals surface area contributed by atoms with Crippen LogP contribution in [0.1, 0.15) is 34.6 Å². The molecular formula is C15H22O5S. The maximum Gasteiger partial charge on any atom is 0.197 e. The second kappa shape index (κ2) is 6.58. The van der Waals surface area contributed by atoms with E-state index in [1.54, 1.807) is 19.1 Å². The smallest absolute Gasteiger partial charge is 0.197 e. The summed E-state index contributed by atoms with van der Waals surface area (Å²) in [7, 11) is -3.57. The molecule has 118 valence electrons. The van der Waals surface area contributed by atoms with Crippen molar-refractivity contribution in [3.05, 3.63) is 24.3 Å². The van der Waals surface area contributed by atoms with Gasteiger partial charge in [0.05, 0.1) is 10.5 Å². The van der Waals surface area contributed by atoms with Crippen molar-refractivity contribution in [1.82, 2.24) is 0 Å². The number of carbonyl (C=O) groups is 1. The zero-order valence-corrected chi connectivity index (χ0v) is 13.9. The van der Waals surface area contributed by atoms with Gasteiger partial charge in [0.15, 0.2) is 16.1 Å². The van der Waals surface area contributed by atoms with E-state index in [1.165, 1.54) is 19.1 Å². The molecule has 0 aliphatic rings. The molecule has 0 bridgehead atoms. The Labute approximate surface area is 126 Å². The molecule has 1 unspecified atom stereocenters. The predicted octanol–water partition coefficient (Wildman–Crippen LogP) is 2.59. The summed E-state index contributed by atoms with van der Waals surface area (Å²) >= 11 is 0. The molecule has 0 saturated carbocycles. The molecule has 0 aromatic heterocycles. The molecule has 0 amide bonds. The molecule has 1 aromatic rings. The normalized spacial score (nSPS) is 13.8. The highest BCUT2D eigenvalue weighted by Gasteiger charge is 2.18. The van der Waals surface area contributed by atoms with Crippen LogP contribution >= 0.6 is 0 Å². The topological polar surface area (TPSA) is 69.7 Å². The molecule has 0 aliphatic heterocycles. The molecule has 0 fully saturated rings. The Morgan fingerprint density at radius 1 is 1.19 bits per heavy atom. The first-order valence-electron chi connectivity index (χ1n) is 6.66. The molecule has 5 nitrogen and oxygen atoms in total. The van der Waals surface area contributed by atoms with Crippen molar-refractivity contribution in [3.8, 4) is 5.75 Å². The van der Waals surface area contributed by atoms with Crippen LogP contribution in [0.4, 0.5) is 0 Å². The largest absolute Gasteiger partial charge is 0.465 e. The quantitative estimate of drug-likeness (QED) is 0.755. The molecule has 1 rings (SSSR count). The molecule has 1 atom stereocenters. The lowest BCUT2D eigenvalue weighted by molar-refractivity contribution is -0.140. The van der Waals surface area contributed by atoms with Crippen molar-refractivity contribution in [1.29, 1.82) is 0 Å². The summed E-state index contributed by atoms with van der Waals surface area (Å²) in [5.41, 5.74) is -0.329. The first-order chi connectivity index (χ1) is 9.49. The summed E-state index contributed by atoms with van der Waals surface area (Å²) in [5.74, 6) is -0.368. The van der Waals surface area contributed by atoms with Gasteiger partial charge in [0.2, 0.25) is 0 Å². The number of carbonyl (C=O) groups excluding carboxylic acids is 1. The molecule has 21 heavy (non-hydrogen) atoms. The second-order valence-electron chi connectivity index (χ2n) is 5.85. The van der Waals surface area contributed by atoms with E-state index < -0.39 is 21.9 Å². The number of rotatable bonds is 6.